The summed E-state index contributed by atoms with van der Waals surface area (Å²) in [5.41, 5.74) is -0.402. The lowest BCUT2D eigenvalue weighted by Crippen LogP contribution is -2.39. The van der Waals surface area contributed by atoms with E-state index in [-0.39, 0.29) is 6.09 Å². The van der Waals surface area contributed by atoms with Crippen LogP contribution in [0.25, 0.3) is 0 Å². The molecule has 1 heterocycles. The van der Waals surface area contributed by atoms with Crippen molar-refractivity contribution in [2.45, 2.75) is 53.1 Å². The Kier molecular flexibility index (Phi) is 6.11. The molecule has 1 amide bonds. The second-order valence-electron chi connectivity index (χ2n) is 6.85. The van der Waals surface area contributed by atoms with Crippen LogP contribution in [0.1, 0.15) is 47.5 Å². The zero-order valence-corrected chi connectivity index (χ0v) is 13.2. The van der Waals surface area contributed by atoms with E-state index in [0.717, 1.165) is 45.1 Å². The Balaban J connectivity index is 2.39. The maximum Gasteiger partial charge on any atom is 0.410 e. The molecule has 1 aliphatic heterocycles. The van der Waals surface area contributed by atoms with E-state index < -0.39 is 5.60 Å². The summed E-state index contributed by atoms with van der Waals surface area (Å²) in [5.74, 6) is 0.741. The SMILES string of the molecule is CC(C)CCN1CCCN(C(=O)OC(C)(C)C)CC1. The molecule has 4 heteroatoms. The van der Waals surface area contributed by atoms with Gasteiger partial charge in [-0.05, 0) is 52.6 Å². The van der Waals surface area contributed by atoms with Crippen LogP contribution in [0.15, 0.2) is 0 Å². The van der Waals surface area contributed by atoms with Crippen LogP contribution in [0.5, 0.6) is 0 Å². The molecule has 0 aliphatic carbocycles. The maximum atomic E-state index is 12.0. The maximum absolute atomic E-state index is 12.0. The van der Waals surface area contributed by atoms with Gasteiger partial charge in [-0.3, -0.25) is 0 Å². The first-order valence-corrected chi connectivity index (χ1v) is 7.48. The fraction of sp³-hybridized carbons (Fsp3) is 0.933. The van der Waals surface area contributed by atoms with Crippen LogP contribution in [-0.4, -0.2) is 54.2 Å². The summed E-state index contributed by atoms with van der Waals surface area (Å²) in [6.45, 7) is 15.0. The quantitative estimate of drug-likeness (QED) is 0.790. The third-order valence-corrected chi connectivity index (χ3v) is 3.26. The summed E-state index contributed by atoms with van der Waals surface area (Å²) >= 11 is 0. The van der Waals surface area contributed by atoms with Gasteiger partial charge in [0.25, 0.3) is 0 Å². The van der Waals surface area contributed by atoms with Crippen molar-refractivity contribution in [3.63, 3.8) is 0 Å². The lowest BCUT2D eigenvalue weighted by atomic mass is 10.1. The number of amides is 1. The van der Waals surface area contributed by atoms with Gasteiger partial charge in [0, 0.05) is 19.6 Å². The van der Waals surface area contributed by atoms with E-state index in [1.54, 1.807) is 0 Å². The van der Waals surface area contributed by atoms with Crippen LogP contribution in [-0.2, 0) is 4.74 Å². The minimum atomic E-state index is -0.402. The molecular weight excluding hydrogens is 240 g/mol. The molecule has 0 saturated carbocycles. The van der Waals surface area contributed by atoms with Gasteiger partial charge in [0.1, 0.15) is 5.60 Å². The molecule has 1 rings (SSSR count). The number of carbonyl (C=O) groups excluding carboxylic acids is 1. The van der Waals surface area contributed by atoms with E-state index in [2.05, 4.69) is 18.7 Å². The van der Waals surface area contributed by atoms with Crippen molar-refractivity contribution < 1.29 is 9.53 Å². The molecule has 1 fully saturated rings. The number of carbonyl (C=O) groups is 1. The van der Waals surface area contributed by atoms with Crippen molar-refractivity contribution in [3.05, 3.63) is 0 Å². The van der Waals surface area contributed by atoms with Crippen LogP contribution >= 0.6 is 0 Å². The van der Waals surface area contributed by atoms with Gasteiger partial charge in [-0.15, -0.1) is 0 Å². The number of ether oxygens (including phenoxy) is 1. The summed E-state index contributed by atoms with van der Waals surface area (Å²) in [5, 5.41) is 0. The molecule has 1 aliphatic rings. The third-order valence-electron chi connectivity index (χ3n) is 3.26. The van der Waals surface area contributed by atoms with Crippen molar-refractivity contribution in [2.75, 3.05) is 32.7 Å². The molecule has 0 bridgehead atoms. The monoisotopic (exact) mass is 270 g/mol. The Morgan fingerprint density at radius 1 is 1.16 bits per heavy atom. The highest BCUT2D eigenvalue weighted by Crippen LogP contribution is 2.12. The summed E-state index contributed by atoms with van der Waals surface area (Å²) < 4.78 is 5.43. The van der Waals surface area contributed by atoms with Gasteiger partial charge in [-0.1, -0.05) is 13.8 Å². The Labute approximate surface area is 118 Å². The number of hydrogen-bond acceptors (Lipinski definition) is 3. The Morgan fingerprint density at radius 2 is 1.84 bits per heavy atom. The van der Waals surface area contributed by atoms with Crippen molar-refractivity contribution in [2.24, 2.45) is 5.92 Å². The molecule has 0 radical (unpaired) electrons. The predicted molar refractivity (Wildman–Crippen MR) is 78.3 cm³/mol. The highest BCUT2D eigenvalue weighted by atomic mass is 16.6. The first kappa shape index (κ1) is 16.3. The summed E-state index contributed by atoms with van der Waals surface area (Å²) in [7, 11) is 0. The van der Waals surface area contributed by atoms with Gasteiger partial charge in [-0.25, -0.2) is 4.79 Å². The second kappa shape index (κ2) is 7.13. The lowest BCUT2D eigenvalue weighted by Gasteiger charge is -2.26. The second-order valence-corrected chi connectivity index (χ2v) is 6.85. The van der Waals surface area contributed by atoms with Gasteiger partial charge in [0.05, 0.1) is 0 Å². The predicted octanol–water partition coefficient (Wildman–Crippen LogP) is 2.98. The van der Waals surface area contributed by atoms with Gasteiger partial charge in [0.15, 0.2) is 0 Å². The molecule has 0 spiro atoms. The highest BCUT2D eigenvalue weighted by Gasteiger charge is 2.24. The van der Waals surface area contributed by atoms with E-state index in [9.17, 15) is 4.79 Å². The number of nitrogens with zero attached hydrogens (tertiary/aromatic N) is 2. The molecule has 0 aromatic heterocycles. The molecule has 112 valence electrons. The average molecular weight is 270 g/mol. The fourth-order valence-electron chi connectivity index (χ4n) is 2.14. The molecular formula is C15H30N2O2. The lowest BCUT2D eigenvalue weighted by molar-refractivity contribution is 0.0257. The topological polar surface area (TPSA) is 32.8 Å². The normalized spacial score (nSPS) is 18.5. The van der Waals surface area contributed by atoms with E-state index >= 15 is 0 Å². The van der Waals surface area contributed by atoms with Gasteiger partial charge < -0.3 is 14.5 Å². The molecule has 0 N–H and O–H groups in total. The summed E-state index contributed by atoms with van der Waals surface area (Å²) in [4.78, 5) is 16.3. The first-order chi connectivity index (χ1) is 8.78. The van der Waals surface area contributed by atoms with Gasteiger partial charge in [-0.2, -0.15) is 0 Å². The molecule has 0 atom stereocenters. The van der Waals surface area contributed by atoms with Crippen LogP contribution in [0.2, 0.25) is 0 Å². The van der Waals surface area contributed by atoms with Crippen molar-refractivity contribution in [1.29, 1.82) is 0 Å². The minimum Gasteiger partial charge on any atom is -0.444 e. The first-order valence-electron chi connectivity index (χ1n) is 7.48. The summed E-state index contributed by atoms with van der Waals surface area (Å²) in [6.07, 6.45) is 2.10. The third kappa shape index (κ3) is 6.81. The molecule has 19 heavy (non-hydrogen) atoms. The number of rotatable bonds is 3. The van der Waals surface area contributed by atoms with Crippen molar-refractivity contribution in [1.82, 2.24) is 9.80 Å². The van der Waals surface area contributed by atoms with E-state index in [1.165, 1.54) is 6.42 Å². The largest absolute Gasteiger partial charge is 0.444 e. The van der Waals surface area contributed by atoms with E-state index in [0.29, 0.717) is 0 Å². The fourth-order valence-corrected chi connectivity index (χ4v) is 2.14. The van der Waals surface area contributed by atoms with Gasteiger partial charge >= 0.3 is 6.09 Å². The molecule has 0 aromatic rings. The van der Waals surface area contributed by atoms with E-state index in [4.69, 9.17) is 4.74 Å². The Hall–Kier alpha value is -0.770. The molecule has 0 aromatic carbocycles. The van der Waals surface area contributed by atoms with Crippen molar-refractivity contribution in [3.8, 4) is 0 Å². The standard InChI is InChI=1S/C15H30N2O2/c1-13(2)7-10-16-8-6-9-17(12-11-16)14(18)19-15(3,4)5/h13H,6-12H2,1-5H3. The Bertz CT molecular complexity index is 284. The van der Waals surface area contributed by atoms with Crippen molar-refractivity contribution >= 4 is 6.09 Å². The average Bonchev–Trinajstić information content (AvgIpc) is 2.49. The van der Waals surface area contributed by atoms with Crippen LogP contribution in [0.4, 0.5) is 4.79 Å². The smallest absolute Gasteiger partial charge is 0.410 e. The van der Waals surface area contributed by atoms with Crippen LogP contribution in [0, 0.1) is 5.92 Å². The molecule has 1 saturated heterocycles. The minimum absolute atomic E-state index is 0.168. The zero-order valence-electron chi connectivity index (χ0n) is 13.2. The molecule has 4 nitrogen and oxygen atoms in total. The number of hydrogen-bond donors (Lipinski definition) is 0. The van der Waals surface area contributed by atoms with E-state index in [1.807, 2.05) is 25.7 Å². The summed E-state index contributed by atoms with van der Waals surface area (Å²) in [6, 6.07) is 0. The zero-order chi connectivity index (χ0) is 14.5. The van der Waals surface area contributed by atoms with Crippen LogP contribution in [0.3, 0.4) is 0 Å². The van der Waals surface area contributed by atoms with Crippen LogP contribution < -0.4 is 0 Å². The van der Waals surface area contributed by atoms with Gasteiger partial charge in [0.2, 0.25) is 0 Å². The highest BCUT2D eigenvalue weighted by molar-refractivity contribution is 5.68. The molecule has 0 unspecified atom stereocenters. The Morgan fingerprint density at radius 3 is 2.42 bits per heavy atom.